The van der Waals surface area contributed by atoms with Gasteiger partial charge in [0.15, 0.2) is 0 Å². The zero-order valence-corrected chi connectivity index (χ0v) is 13.2. The van der Waals surface area contributed by atoms with Crippen molar-refractivity contribution < 1.29 is 9.18 Å². The number of nitrogens with zero attached hydrogens (tertiary/aromatic N) is 1. The highest BCUT2D eigenvalue weighted by Gasteiger charge is 2.16. The Hall–Kier alpha value is -0.940. The van der Waals surface area contributed by atoms with Gasteiger partial charge in [-0.3, -0.25) is 4.79 Å². The molecule has 110 valence electrons. The summed E-state index contributed by atoms with van der Waals surface area (Å²) in [4.78, 5) is 14.1. The molecule has 3 nitrogen and oxygen atoms in total. The van der Waals surface area contributed by atoms with Crippen molar-refractivity contribution in [3.63, 3.8) is 0 Å². The Kier molecular flexibility index (Phi) is 5.54. The van der Waals surface area contributed by atoms with Gasteiger partial charge in [0, 0.05) is 17.4 Å². The molecule has 0 radical (unpaired) electrons. The Bertz CT molecular complexity index is 473. The molecule has 1 N–H and O–H groups in total. The molecule has 1 amide bonds. The van der Waals surface area contributed by atoms with Crippen LogP contribution in [0, 0.1) is 11.7 Å². The van der Waals surface area contributed by atoms with Crippen molar-refractivity contribution in [2.75, 3.05) is 25.0 Å². The van der Waals surface area contributed by atoms with Crippen molar-refractivity contribution in [1.29, 1.82) is 0 Å². The third-order valence-electron chi connectivity index (χ3n) is 3.74. The summed E-state index contributed by atoms with van der Waals surface area (Å²) < 4.78 is 14.3. The number of halogens is 2. The van der Waals surface area contributed by atoms with Crippen LogP contribution in [0.1, 0.15) is 26.2 Å². The zero-order valence-electron chi connectivity index (χ0n) is 11.7. The van der Waals surface area contributed by atoms with Gasteiger partial charge in [0.1, 0.15) is 5.82 Å². The highest BCUT2D eigenvalue weighted by atomic mass is 79.9. The molecule has 0 atom stereocenters. The molecular weight excluding hydrogens is 323 g/mol. The number of hydrogen-bond donors (Lipinski definition) is 1. The third-order valence-corrected chi connectivity index (χ3v) is 4.23. The van der Waals surface area contributed by atoms with Crippen molar-refractivity contribution in [2.45, 2.75) is 26.2 Å². The molecule has 0 saturated carbocycles. The topological polar surface area (TPSA) is 32.3 Å². The van der Waals surface area contributed by atoms with Crippen LogP contribution >= 0.6 is 15.9 Å². The quantitative estimate of drug-likeness (QED) is 0.905. The predicted octanol–water partition coefficient (Wildman–Crippen LogP) is 3.65. The highest BCUT2D eigenvalue weighted by molar-refractivity contribution is 9.10. The third kappa shape index (κ3) is 4.56. The number of anilines is 1. The lowest BCUT2D eigenvalue weighted by Gasteiger charge is -2.29. The van der Waals surface area contributed by atoms with Gasteiger partial charge in [-0.25, -0.2) is 4.39 Å². The molecule has 1 aliphatic heterocycles. The second kappa shape index (κ2) is 7.18. The van der Waals surface area contributed by atoms with Crippen LogP contribution in [0.4, 0.5) is 10.1 Å². The van der Waals surface area contributed by atoms with Crippen LogP contribution in [0.3, 0.4) is 0 Å². The van der Waals surface area contributed by atoms with Crippen molar-refractivity contribution in [3.8, 4) is 0 Å². The maximum absolute atomic E-state index is 13.6. The molecule has 0 aliphatic carbocycles. The second-order valence-corrected chi connectivity index (χ2v) is 6.36. The molecule has 1 fully saturated rings. The van der Waals surface area contributed by atoms with Gasteiger partial charge in [0.25, 0.3) is 0 Å². The Morgan fingerprint density at radius 3 is 2.80 bits per heavy atom. The van der Waals surface area contributed by atoms with Crippen molar-refractivity contribution in [3.05, 3.63) is 28.5 Å². The normalized spacial score (nSPS) is 17.1. The first kappa shape index (κ1) is 15.4. The lowest BCUT2D eigenvalue weighted by Crippen LogP contribution is -2.35. The summed E-state index contributed by atoms with van der Waals surface area (Å²) in [5.74, 6) is 0.237. The van der Waals surface area contributed by atoms with E-state index in [4.69, 9.17) is 0 Å². The molecule has 1 aliphatic rings. The molecule has 1 aromatic rings. The van der Waals surface area contributed by atoms with Crippen LogP contribution in [0.25, 0.3) is 0 Å². The van der Waals surface area contributed by atoms with Gasteiger partial charge in [-0.05, 0) is 50.0 Å². The van der Waals surface area contributed by atoms with Gasteiger partial charge in [0.05, 0.1) is 5.69 Å². The maximum atomic E-state index is 13.6. The van der Waals surface area contributed by atoms with E-state index in [1.54, 1.807) is 12.1 Å². The molecule has 1 saturated heterocycles. The van der Waals surface area contributed by atoms with E-state index in [2.05, 4.69) is 33.1 Å². The molecule has 20 heavy (non-hydrogen) atoms. The average molecular weight is 343 g/mol. The maximum Gasteiger partial charge on any atom is 0.225 e. The second-order valence-electron chi connectivity index (χ2n) is 5.45. The smallest absolute Gasteiger partial charge is 0.225 e. The summed E-state index contributed by atoms with van der Waals surface area (Å²) in [6.45, 7) is 5.12. The van der Waals surface area contributed by atoms with Crippen LogP contribution in [0.5, 0.6) is 0 Å². The molecule has 2 rings (SSSR count). The minimum Gasteiger partial charge on any atom is -0.324 e. The number of hydrogen-bond acceptors (Lipinski definition) is 2. The van der Waals surface area contributed by atoms with E-state index in [9.17, 15) is 9.18 Å². The molecule has 0 bridgehead atoms. The molecule has 0 spiro atoms. The van der Waals surface area contributed by atoms with E-state index in [1.807, 2.05) is 0 Å². The fourth-order valence-corrected chi connectivity index (χ4v) is 2.68. The molecular formula is C15H20BrFN2O. The zero-order chi connectivity index (χ0) is 14.5. The average Bonchev–Trinajstić information content (AvgIpc) is 2.41. The minimum absolute atomic E-state index is 0.134. The summed E-state index contributed by atoms with van der Waals surface area (Å²) in [6, 6.07) is 4.63. The molecule has 1 heterocycles. The lowest BCUT2D eigenvalue weighted by atomic mass is 9.99. The molecule has 0 unspecified atom stereocenters. The number of piperidine rings is 1. The number of carbonyl (C=O) groups excluding carboxylic acids is 1. The van der Waals surface area contributed by atoms with Crippen LogP contribution in [-0.4, -0.2) is 30.4 Å². The van der Waals surface area contributed by atoms with Gasteiger partial charge in [-0.2, -0.15) is 0 Å². The first-order valence-electron chi connectivity index (χ1n) is 7.02. The first-order valence-corrected chi connectivity index (χ1v) is 7.81. The van der Waals surface area contributed by atoms with Gasteiger partial charge in [-0.1, -0.05) is 22.9 Å². The first-order chi connectivity index (χ1) is 9.54. The number of carbonyl (C=O) groups is 1. The van der Waals surface area contributed by atoms with E-state index in [1.165, 1.54) is 18.9 Å². The van der Waals surface area contributed by atoms with Crippen LogP contribution in [0.15, 0.2) is 22.7 Å². The van der Waals surface area contributed by atoms with Gasteiger partial charge >= 0.3 is 0 Å². The van der Waals surface area contributed by atoms with E-state index >= 15 is 0 Å². The standard InChI is InChI=1S/C15H20BrFN2O/c1-11-4-7-19(8-5-11)9-6-15(20)18-14-3-2-12(16)10-13(14)17/h2-3,10-11H,4-9H2,1H3,(H,18,20). The van der Waals surface area contributed by atoms with Gasteiger partial charge in [-0.15, -0.1) is 0 Å². The summed E-state index contributed by atoms with van der Waals surface area (Å²) in [7, 11) is 0. The Balaban J connectivity index is 1.78. The van der Waals surface area contributed by atoms with Crippen molar-refractivity contribution >= 4 is 27.5 Å². The fraction of sp³-hybridized carbons (Fsp3) is 0.533. The lowest BCUT2D eigenvalue weighted by molar-refractivity contribution is -0.116. The van der Waals surface area contributed by atoms with Crippen molar-refractivity contribution in [1.82, 2.24) is 4.90 Å². The van der Waals surface area contributed by atoms with Crippen LogP contribution in [-0.2, 0) is 4.79 Å². The Morgan fingerprint density at radius 1 is 1.45 bits per heavy atom. The Morgan fingerprint density at radius 2 is 2.15 bits per heavy atom. The molecule has 1 aromatic carbocycles. The number of nitrogens with one attached hydrogen (secondary N) is 1. The van der Waals surface area contributed by atoms with Crippen LogP contribution < -0.4 is 5.32 Å². The predicted molar refractivity (Wildman–Crippen MR) is 82.2 cm³/mol. The largest absolute Gasteiger partial charge is 0.324 e. The van der Waals surface area contributed by atoms with E-state index < -0.39 is 5.82 Å². The van der Waals surface area contributed by atoms with E-state index in [0.717, 1.165) is 25.6 Å². The summed E-state index contributed by atoms with van der Waals surface area (Å²) in [5.41, 5.74) is 0.241. The number of likely N-dealkylation sites (tertiary alicyclic amines) is 1. The Labute approximate surface area is 127 Å². The SMILES string of the molecule is CC1CCN(CCC(=O)Nc2ccc(Br)cc2F)CC1. The van der Waals surface area contributed by atoms with Crippen molar-refractivity contribution in [2.24, 2.45) is 5.92 Å². The number of rotatable bonds is 4. The fourth-order valence-electron chi connectivity index (χ4n) is 2.35. The van der Waals surface area contributed by atoms with Crippen LogP contribution in [0.2, 0.25) is 0 Å². The molecule has 0 aromatic heterocycles. The summed E-state index contributed by atoms with van der Waals surface area (Å²) in [6.07, 6.45) is 2.80. The monoisotopic (exact) mass is 342 g/mol. The highest BCUT2D eigenvalue weighted by Crippen LogP contribution is 2.20. The van der Waals surface area contributed by atoms with Gasteiger partial charge < -0.3 is 10.2 Å². The molecule has 5 heteroatoms. The minimum atomic E-state index is -0.417. The summed E-state index contributed by atoms with van der Waals surface area (Å²) >= 11 is 3.19. The number of benzene rings is 1. The summed E-state index contributed by atoms with van der Waals surface area (Å²) in [5, 5.41) is 2.62. The van der Waals surface area contributed by atoms with E-state index in [0.29, 0.717) is 10.9 Å². The van der Waals surface area contributed by atoms with Gasteiger partial charge in [0.2, 0.25) is 5.91 Å². The van der Waals surface area contributed by atoms with E-state index in [-0.39, 0.29) is 11.6 Å². The number of amides is 1.